The van der Waals surface area contributed by atoms with Gasteiger partial charge < -0.3 is 15.3 Å². The molecule has 2 rings (SSSR count). The van der Waals surface area contributed by atoms with Gasteiger partial charge >= 0.3 is 11.6 Å². The minimum absolute atomic E-state index is 0.240. The number of fused-ring (bicyclic) bond motifs is 1. The molecule has 1 aromatic carbocycles. The highest BCUT2D eigenvalue weighted by atomic mass is 16.4. The molecule has 5 nitrogen and oxygen atoms in total. The molecule has 1 atom stereocenters. The van der Waals surface area contributed by atoms with Crippen LogP contribution in [-0.2, 0) is 11.2 Å². The molecule has 0 saturated heterocycles. The predicted molar refractivity (Wildman–Crippen MR) is 61.8 cm³/mol. The molecule has 0 fully saturated rings. The van der Waals surface area contributed by atoms with Crippen LogP contribution in [0.5, 0.6) is 0 Å². The van der Waals surface area contributed by atoms with Gasteiger partial charge in [0.1, 0.15) is 11.6 Å². The van der Waals surface area contributed by atoms with Gasteiger partial charge in [-0.25, -0.2) is 4.79 Å². The zero-order valence-electron chi connectivity index (χ0n) is 8.92. The molecule has 0 spiro atoms. The fraction of sp³-hybridized carbons (Fsp3) is 0.167. The lowest BCUT2D eigenvalue weighted by Gasteiger charge is -2.06. The molecule has 17 heavy (non-hydrogen) atoms. The number of hydrogen-bond acceptors (Lipinski definition) is 4. The maximum Gasteiger partial charge on any atom is 0.336 e. The van der Waals surface area contributed by atoms with Crippen LogP contribution >= 0.6 is 0 Å². The number of hydrogen-bond donors (Lipinski definition) is 2. The topological polar surface area (TPSA) is 93.5 Å². The Labute approximate surface area is 96.5 Å². The van der Waals surface area contributed by atoms with Crippen molar-refractivity contribution in [2.45, 2.75) is 12.5 Å². The Hall–Kier alpha value is -2.14. The third-order valence-electron chi connectivity index (χ3n) is 2.46. The lowest BCUT2D eigenvalue weighted by atomic mass is 10.0. The van der Waals surface area contributed by atoms with Crippen LogP contribution in [0.4, 0.5) is 0 Å². The Morgan fingerprint density at radius 1 is 1.35 bits per heavy atom. The van der Waals surface area contributed by atoms with Crippen LogP contribution in [0.15, 0.2) is 39.5 Å². The number of carboxylic acid groups (broad SMARTS) is 1. The highest BCUT2D eigenvalue weighted by Gasteiger charge is 2.12. The summed E-state index contributed by atoms with van der Waals surface area (Å²) in [6, 6.07) is 7.14. The summed E-state index contributed by atoms with van der Waals surface area (Å²) in [6.45, 7) is 0. The van der Waals surface area contributed by atoms with Gasteiger partial charge in [0.25, 0.3) is 0 Å². The van der Waals surface area contributed by atoms with Gasteiger partial charge in [0.05, 0.1) is 0 Å². The largest absolute Gasteiger partial charge is 0.480 e. The average molecular weight is 233 g/mol. The third kappa shape index (κ3) is 2.51. The first kappa shape index (κ1) is 11.3. The average Bonchev–Trinajstić information content (AvgIpc) is 2.29. The fourth-order valence-electron chi connectivity index (χ4n) is 1.59. The van der Waals surface area contributed by atoms with E-state index in [4.69, 9.17) is 15.3 Å². The van der Waals surface area contributed by atoms with Crippen LogP contribution in [0.25, 0.3) is 11.0 Å². The van der Waals surface area contributed by atoms with Gasteiger partial charge in [-0.2, -0.15) is 0 Å². The molecule has 3 N–H and O–H groups in total. The monoisotopic (exact) mass is 233 g/mol. The molecule has 5 heteroatoms. The van der Waals surface area contributed by atoms with Crippen molar-refractivity contribution in [3.8, 4) is 0 Å². The molecule has 0 aliphatic carbocycles. The zero-order chi connectivity index (χ0) is 12.4. The standard InChI is InChI=1S/C12H11NO4/c13-9(12(15)16)6-7-1-3-10-8(5-7)2-4-11(14)17-10/h1-5,9H,6,13H2,(H,15,16). The van der Waals surface area contributed by atoms with Gasteiger partial charge in [0, 0.05) is 11.5 Å². The summed E-state index contributed by atoms with van der Waals surface area (Å²) in [5, 5.41) is 9.46. The molecule has 0 amide bonds. The van der Waals surface area contributed by atoms with Gasteiger partial charge in [0.2, 0.25) is 0 Å². The molecule has 2 aromatic rings. The first-order valence-corrected chi connectivity index (χ1v) is 5.07. The molecule has 0 aliphatic heterocycles. The lowest BCUT2D eigenvalue weighted by Crippen LogP contribution is -2.32. The van der Waals surface area contributed by atoms with Crippen molar-refractivity contribution in [2.24, 2.45) is 5.73 Å². The first-order chi connectivity index (χ1) is 8.06. The summed E-state index contributed by atoms with van der Waals surface area (Å²) >= 11 is 0. The molecule has 88 valence electrons. The molecule has 1 heterocycles. The molecule has 1 unspecified atom stereocenters. The number of aliphatic carboxylic acids is 1. The Morgan fingerprint density at radius 3 is 2.82 bits per heavy atom. The van der Waals surface area contributed by atoms with E-state index in [0.717, 1.165) is 10.9 Å². The van der Waals surface area contributed by atoms with E-state index in [1.54, 1.807) is 24.3 Å². The van der Waals surface area contributed by atoms with Crippen molar-refractivity contribution >= 4 is 16.9 Å². The molecular formula is C12H11NO4. The van der Waals surface area contributed by atoms with Crippen molar-refractivity contribution < 1.29 is 14.3 Å². The van der Waals surface area contributed by atoms with E-state index >= 15 is 0 Å². The number of carbonyl (C=O) groups is 1. The Bertz CT molecular complexity index is 617. The van der Waals surface area contributed by atoms with E-state index in [2.05, 4.69) is 0 Å². The fourth-order valence-corrected chi connectivity index (χ4v) is 1.59. The predicted octanol–water partition coefficient (Wildman–Crippen LogP) is 0.747. The number of rotatable bonds is 3. The van der Waals surface area contributed by atoms with E-state index < -0.39 is 17.6 Å². The first-order valence-electron chi connectivity index (χ1n) is 5.07. The molecular weight excluding hydrogens is 222 g/mol. The number of carboxylic acids is 1. The number of nitrogens with two attached hydrogens (primary N) is 1. The van der Waals surface area contributed by atoms with Crippen LogP contribution in [-0.4, -0.2) is 17.1 Å². The van der Waals surface area contributed by atoms with E-state index in [1.807, 2.05) is 0 Å². The van der Waals surface area contributed by atoms with Crippen LogP contribution in [0.2, 0.25) is 0 Å². The van der Waals surface area contributed by atoms with Gasteiger partial charge in [-0.05, 0) is 30.2 Å². The highest BCUT2D eigenvalue weighted by molar-refractivity contribution is 5.78. The van der Waals surface area contributed by atoms with Crippen molar-refractivity contribution in [3.63, 3.8) is 0 Å². The SMILES string of the molecule is NC(Cc1ccc2oc(=O)ccc2c1)C(=O)O. The lowest BCUT2D eigenvalue weighted by molar-refractivity contribution is -0.138. The second-order valence-electron chi connectivity index (χ2n) is 3.78. The number of benzene rings is 1. The Morgan fingerprint density at radius 2 is 2.12 bits per heavy atom. The maximum absolute atomic E-state index is 11.0. The van der Waals surface area contributed by atoms with E-state index in [1.165, 1.54) is 6.07 Å². The van der Waals surface area contributed by atoms with Crippen molar-refractivity contribution in [1.82, 2.24) is 0 Å². The summed E-state index contributed by atoms with van der Waals surface area (Å²) in [6.07, 6.45) is 0.240. The zero-order valence-corrected chi connectivity index (χ0v) is 8.92. The summed E-state index contributed by atoms with van der Waals surface area (Å²) < 4.78 is 4.97. The molecule has 1 aromatic heterocycles. The van der Waals surface area contributed by atoms with Crippen LogP contribution in [0, 0.1) is 0 Å². The van der Waals surface area contributed by atoms with Crippen molar-refractivity contribution in [1.29, 1.82) is 0 Å². The van der Waals surface area contributed by atoms with Gasteiger partial charge in [-0.1, -0.05) is 6.07 Å². The molecule has 0 radical (unpaired) electrons. The molecule has 0 aliphatic rings. The summed E-state index contributed by atoms with van der Waals surface area (Å²) in [5.41, 5.74) is 6.30. The van der Waals surface area contributed by atoms with E-state index in [9.17, 15) is 9.59 Å². The summed E-state index contributed by atoms with van der Waals surface area (Å²) in [7, 11) is 0. The minimum Gasteiger partial charge on any atom is -0.480 e. The Kier molecular flexibility index (Phi) is 2.93. The van der Waals surface area contributed by atoms with Crippen molar-refractivity contribution in [2.75, 3.05) is 0 Å². The smallest absolute Gasteiger partial charge is 0.336 e. The maximum atomic E-state index is 11.0. The summed E-state index contributed by atoms with van der Waals surface area (Å²) in [4.78, 5) is 21.6. The summed E-state index contributed by atoms with van der Waals surface area (Å²) in [5.74, 6) is -1.04. The van der Waals surface area contributed by atoms with E-state index in [-0.39, 0.29) is 6.42 Å². The van der Waals surface area contributed by atoms with Gasteiger partial charge in [-0.15, -0.1) is 0 Å². The normalized spacial score (nSPS) is 12.5. The minimum atomic E-state index is -1.04. The van der Waals surface area contributed by atoms with E-state index in [0.29, 0.717) is 5.58 Å². The molecule has 0 saturated carbocycles. The van der Waals surface area contributed by atoms with Gasteiger partial charge in [-0.3, -0.25) is 4.79 Å². The molecule has 0 bridgehead atoms. The quantitative estimate of drug-likeness (QED) is 0.763. The third-order valence-corrected chi connectivity index (χ3v) is 2.46. The van der Waals surface area contributed by atoms with Crippen LogP contribution < -0.4 is 11.4 Å². The second kappa shape index (κ2) is 4.39. The van der Waals surface area contributed by atoms with Crippen molar-refractivity contribution in [3.05, 3.63) is 46.3 Å². The second-order valence-corrected chi connectivity index (χ2v) is 3.78. The Balaban J connectivity index is 2.35. The highest BCUT2D eigenvalue weighted by Crippen LogP contribution is 2.15. The van der Waals surface area contributed by atoms with Crippen LogP contribution in [0.1, 0.15) is 5.56 Å². The van der Waals surface area contributed by atoms with Gasteiger partial charge in [0.15, 0.2) is 0 Å². The van der Waals surface area contributed by atoms with Crippen LogP contribution in [0.3, 0.4) is 0 Å².